The molecule has 5 heteroatoms. The van der Waals surface area contributed by atoms with Crippen LogP contribution in [0.5, 0.6) is 0 Å². The van der Waals surface area contributed by atoms with Crippen molar-refractivity contribution in [2.24, 2.45) is 5.73 Å². The first kappa shape index (κ1) is 17.8. The third-order valence-electron chi connectivity index (χ3n) is 4.25. The molecule has 132 valence electrons. The first-order chi connectivity index (χ1) is 12.6. The van der Waals surface area contributed by atoms with Gasteiger partial charge in [0, 0.05) is 31.3 Å². The summed E-state index contributed by atoms with van der Waals surface area (Å²) in [6.45, 7) is 2.79. The van der Waals surface area contributed by atoms with Gasteiger partial charge in [-0.1, -0.05) is 35.9 Å². The zero-order valence-corrected chi connectivity index (χ0v) is 14.7. The van der Waals surface area contributed by atoms with Crippen molar-refractivity contribution >= 4 is 5.91 Å². The van der Waals surface area contributed by atoms with Gasteiger partial charge in [-0.2, -0.15) is 0 Å². The molecule has 0 spiro atoms. The fraction of sp³-hybridized carbons (Fsp3) is 0.190. The van der Waals surface area contributed by atoms with Crippen LogP contribution in [0.15, 0.2) is 73.3 Å². The van der Waals surface area contributed by atoms with Crippen molar-refractivity contribution in [2.75, 3.05) is 6.54 Å². The molecular formula is C21H22N4O. The van der Waals surface area contributed by atoms with Crippen LogP contribution < -0.4 is 5.73 Å². The summed E-state index contributed by atoms with van der Waals surface area (Å²) >= 11 is 0. The molecule has 0 aliphatic heterocycles. The third kappa shape index (κ3) is 4.52. The molecule has 3 rings (SSSR count). The largest absolute Gasteiger partial charge is 0.369 e. The molecule has 1 amide bonds. The Morgan fingerprint density at radius 1 is 1.00 bits per heavy atom. The number of hydrogen-bond donors (Lipinski definition) is 1. The molecule has 1 atom stereocenters. The fourth-order valence-corrected chi connectivity index (χ4v) is 3.06. The van der Waals surface area contributed by atoms with Gasteiger partial charge in [0.05, 0.1) is 12.6 Å². The number of rotatable bonds is 7. The van der Waals surface area contributed by atoms with Crippen LogP contribution in [0, 0.1) is 6.92 Å². The van der Waals surface area contributed by atoms with Gasteiger partial charge >= 0.3 is 0 Å². The number of carbonyl (C=O) groups is 1. The zero-order chi connectivity index (χ0) is 18.4. The van der Waals surface area contributed by atoms with Gasteiger partial charge in [-0.25, -0.2) is 0 Å². The molecule has 0 aliphatic carbocycles. The standard InChI is InChI=1S/C21H22N4O/c1-16-4-6-18(7-5-16)21(19-3-2-10-24-13-19)25(15-20(22)26)14-17-8-11-23-12-9-17/h2-13,21H,14-15H2,1H3,(H2,22,26). The number of hydrogen-bond acceptors (Lipinski definition) is 4. The number of pyridine rings is 2. The number of amides is 1. The lowest BCUT2D eigenvalue weighted by atomic mass is 9.97. The van der Waals surface area contributed by atoms with Crippen LogP contribution in [0.3, 0.4) is 0 Å². The molecule has 0 saturated heterocycles. The predicted molar refractivity (Wildman–Crippen MR) is 101 cm³/mol. The number of aryl methyl sites for hydroxylation is 1. The molecule has 3 aromatic rings. The van der Waals surface area contributed by atoms with Crippen LogP contribution >= 0.6 is 0 Å². The average Bonchev–Trinajstić information content (AvgIpc) is 2.65. The number of aromatic nitrogens is 2. The van der Waals surface area contributed by atoms with E-state index in [1.165, 1.54) is 5.56 Å². The minimum Gasteiger partial charge on any atom is -0.369 e. The number of benzene rings is 1. The van der Waals surface area contributed by atoms with Gasteiger partial charge in [-0.3, -0.25) is 19.7 Å². The van der Waals surface area contributed by atoms with E-state index in [-0.39, 0.29) is 18.5 Å². The quantitative estimate of drug-likeness (QED) is 0.714. The lowest BCUT2D eigenvalue weighted by molar-refractivity contribution is -0.119. The van der Waals surface area contributed by atoms with Crippen LogP contribution in [0.2, 0.25) is 0 Å². The topological polar surface area (TPSA) is 72.1 Å². The molecule has 2 N–H and O–H groups in total. The second kappa shape index (κ2) is 8.36. The van der Waals surface area contributed by atoms with Crippen molar-refractivity contribution in [3.63, 3.8) is 0 Å². The molecule has 26 heavy (non-hydrogen) atoms. The molecule has 0 radical (unpaired) electrons. The Hall–Kier alpha value is -3.05. The summed E-state index contributed by atoms with van der Waals surface area (Å²) in [4.78, 5) is 22.2. The van der Waals surface area contributed by atoms with Crippen LogP contribution in [0.4, 0.5) is 0 Å². The van der Waals surface area contributed by atoms with Gasteiger partial charge in [-0.15, -0.1) is 0 Å². The highest BCUT2D eigenvalue weighted by Gasteiger charge is 2.24. The Balaban J connectivity index is 2.03. The lowest BCUT2D eigenvalue weighted by Crippen LogP contribution is -2.37. The predicted octanol–water partition coefficient (Wildman–Crippen LogP) is 2.86. The summed E-state index contributed by atoms with van der Waals surface area (Å²) in [7, 11) is 0. The summed E-state index contributed by atoms with van der Waals surface area (Å²) in [5.41, 5.74) is 9.93. The van der Waals surface area contributed by atoms with Gasteiger partial charge in [0.2, 0.25) is 5.91 Å². The van der Waals surface area contributed by atoms with Gasteiger partial charge in [0.15, 0.2) is 0 Å². The monoisotopic (exact) mass is 346 g/mol. The van der Waals surface area contributed by atoms with E-state index in [0.717, 1.165) is 16.7 Å². The van der Waals surface area contributed by atoms with Crippen LogP contribution in [0.25, 0.3) is 0 Å². The number of carbonyl (C=O) groups excluding carboxylic acids is 1. The maximum Gasteiger partial charge on any atom is 0.231 e. The van der Waals surface area contributed by atoms with Crippen molar-refractivity contribution in [1.82, 2.24) is 14.9 Å². The summed E-state index contributed by atoms with van der Waals surface area (Å²) in [6.07, 6.45) is 7.09. The van der Waals surface area contributed by atoms with Crippen LogP contribution in [-0.2, 0) is 11.3 Å². The Labute approximate surface area is 153 Å². The fourth-order valence-electron chi connectivity index (χ4n) is 3.06. The van der Waals surface area contributed by atoms with Crippen molar-refractivity contribution in [3.05, 3.63) is 95.6 Å². The SMILES string of the molecule is Cc1ccc(C(c2cccnc2)N(CC(N)=O)Cc2ccncc2)cc1. The highest BCUT2D eigenvalue weighted by Crippen LogP contribution is 2.29. The number of primary amides is 1. The molecule has 1 aromatic carbocycles. The first-order valence-corrected chi connectivity index (χ1v) is 8.51. The van der Waals surface area contributed by atoms with Gasteiger partial charge in [0.25, 0.3) is 0 Å². The Morgan fingerprint density at radius 3 is 2.35 bits per heavy atom. The van der Waals surface area contributed by atoms with E-state index in [1.807, 2.05) is 30.5 Å². The Morgan fingerprint density at radius 2 is 1.73 bits per heavy atom. The van der Waals surface area contributed by atoms with E-state index < -0.39 is 0 Å². The molecular weight excluding hydrogens is 324 g/mol. The summed E-state index contributed by atoms with van der Waals surface area (Å²) in [5, 5.41) is 0. The Kier molecular flexibility index (Phi) is 5.71. The minimum atomic E-state index is -0.361. The number of nitrogens with zero attached hydrogens (tertiary/aromatic N) is 3. The molecule has 0 fully saturated rings. The van der Waals surface area contributed by atoms with Gasteiger partial charge < -0.3 is 5.73 Å². The van der Waals surface area contributed by atoms with E-state index in [4.69, 9.17) is 5.73 Å². The average molecular weight is 346 g/mol. The van der Waals surface area contributed by atoms with Gasteiger partial charge in [0.1, 0.15) is 0 Å². The summed E-state index contributed by atoms with van der Waals surface area (Å²) in [6, 6.07) is 16.0. The Bertz CT molecular complexity index is 835. The lowest BCUT2D eigenvalue weighted by Gasteiger charge is -2.31. The van der Waals surface area contributed by atoms with Crippen molar-refractivity contribution in [3.8, 4) is 0 Å². The van der Waals surface area contributed by atoms with E-state index >= 15 is 0 Å². The third-order valence-corrected chi connectivity index (χ3v) is 4.25. The molecule has 0 bridgehead atoms. The van der Waals surface area contributed by atoms with E-state index in [2.05, 4.69) is 46.1 Å². The zero-order valence-electron chi connectivity index (χ0n) is 14.7. The highest BCUT2D eigenvalue weighted by molar-refractivity contribution is 5.76. The molecule has 0 aliphatic rings. The normalized spacial score (nSPS) is 12.1. The minimum absolute atomic E-state index is 0.120. The number of nitrogens with two attached hydrogens (primary N) is 1. The second-order valence-corrected chi connectivity index (χ2v) is 6.33. The molecule has 1 unspecified atom stereocenters. The van der Waals surface area contributed by atoms with Crippen LogP contribution in [-0.4, -0.2) is 27.3 Å². The van der Waals surface area contributed by atoms with Crippen LogP contribution in [0.1, 0.15) is 28.3 Å². The van der Waals surface area contributed by atoms with E-state index in [9.17, 15) is 4.79 Å². The second-order valence-electron chi connectivity index (χ2n) is 6.33. The van der Waals surface area contributed by atoms with Crippen molar-refractivity contribution < 1.29 is 4.79 Å². The first-order valence-electron chi connectivity index (χ1n) is 8.51. The highest BCUT2D eigenvalue weighted by atomic mass is 16.1. The summed E-state index contributed by atoms with van der Waals surface area (Å²) in [5.74, 6) is -0.361. The van der Waals surface area contributed by atoms with E-state index in [1.54, 1.807) is 18.6 Å². The van der Waals surface area contributed by atoms with E-state index in [0.29, 0.717) is 6.54 Å². The molecule has 5 nitrogen and oxygen atoms in total. The maximum atomic E-state index is 11.8. The molecule has 0 saturated carbocycles. The van der Waals surface area contributed by atoms with Crippen molar-refractivity contribution in [1.29, 1.82) is 0 Å². The van der Waals surface area contributed by atoms with Gasteiger partial charge in [-0.05, 0) is 41.8 Å². The molecule has 2 aromatic heterocycles. The smallest absolute Gasteiger partial charge is 0.231 e. The maximum absolute atomic E-state index is 11.8. The molecule has 2 heterocycles. The summed E-state index contributed by atoms with van der Waals surface area (Å²) < 4.78 is 0. The van der Waals surface area contributed by atoms with Crippen molar-refractivity contribution in [2.45, 2.75) is 19.5 Å².